The van der Waals surface area contributed by atoms with Crippen LogP contribution in [0.5, 0.6) is 0 Å². The van der Waals surface area contributed by atoms with Crippen molar-refractivity contribution < 1.29 is 13.2 Å². The van der Waals surface area contributed by atoms with Gasteiger partial charge in [-0.1, -0.05) is 55.4 Å². The molecule has 0 aliphatic carbocycles. The summed E-state index contributed by atoms with van der Waals surface area (Å²) in [5.41, 5.74) is 1.44. The summed E-state index contributed by atoms with van der Waals surface area (Å²) in [5.74, 6) is 0.00471. The van der Waals surface area contributed by atoms with E-state index in [4.69, 9.17) is 0 Å². The van der Waals surface area contributed by atoms with Crippen LogP contribution in [0, 0.1) is 0 Å². The fraction of sp³-hybridized carbons (Fsp3) is 0.318. The number of unbranched alkanes of at least 4 members (excludes halogenated alkanes) is 1. The monoisotopic (exact) mass is 471 g/mol. The van der Waals surface area contributed by atoms with Gasteiger partial charge in [0.1, 0.15) is 11.9 Å². The molecule has 2 aromatic carbocycles. The molecule has 1 unspecified atom stereocenters. The molecule has 1 aromatic heterocycles. The number of fused-ring (bicyclic) bond motifs is 2. The van der Waals surface area contributed by atoms with E-state index in [1.54, 1.807) is 29.5 Å². The quantitative estimate of drug-likeness (QED) is 0.415. The van der Waals surface area contributed by atoms with E-state index in [2.05, 4.69) is 25.3 Å². The van der Waals surface area contributed by atoms with Crippen LogP contribution in [-0.2, 0) is 14.8 Å². The number of rotatable bonds is 9. The molecule has 168 valence electrons. The van der Waals surface area contributed by atoms with Gasteiger partial charge >= 0.3 is 0 Å². The highest BCUT2D eigenvalue weighted by Crippen LogP contribution is 2.25. The topological polar surface area (TPSA) is 113 Å². The zero-order valence-corrected chi connectivity index (χ0v) is 19.3. The Hall–Kier alpha value is -2.98. The van der Waals surface area contributed by atoms with Gasteiger partial charge in [0.2, 0.25) is 5.91 Å². The Kier molecular flexibility index (Phi) is 6.71. The van der Waals surface area contributed by atoms with Gasteiger partial charge in [-0.15, -0.1) is 0 Å². The van der Waals surface area contributed by atoms with E-state index < -0.39 is 16.1 Å². The maximum atomic E-state index is 12.8. The first-order valence-corrected chi connectivity index (χ1v) is 12.8. The van der Waals surface area contributed by atoms with Crippen LogP contribution in [-0.4, -0.2) is 44.3 Å². The van der Waals surface area contributed by atoms with Gasteiger partial charge in [-0.25, -0.2) is 13.4 Å². The first-order chi connectivity index (χ1) is 15.5. The molecule has 0 spiro atoms. The van der Waals surface area contributed by atoms with Crippen molar-refractivity contribution in [1.82, 2.24) is 15.0 Å². The normalized spacial score (nSPS) is 16.5. The van der Waals surface area contributed by atoms with Crippen LogP contribution in [0.4, 0.5) is 5.13 Å². The number of hydrogen-bond donors (Lipinski definition) is 3. The van der Waals surface area contributed by atoms with Gasteiger partial charge in [0.15, 0.2) is 5.13 Å². The zero-order chi connectivity index (χ0) is 22.6. The number of amides is 1. The molecular weight excluding hydrogens is 446 g/mol. The van der Waals surface area contributed by atoms with Gasteiger partial charge in [-0.3, -0.25) is 14.5 Å². The Balaban J connectivity index is 1.39. The lowest BCUT2D eigenvalue weighted by Crippen LogP contribution is -2.37. The molecule has 3 N–H and O–H groups in total. The van der Waals surface area contributed by atoms with E-state index >= 15 is 0 Å². The van der Waals surface area contributed by atoms with E-state index in [1.807, 2.05) is 31.2 Å². The van der Waals surface area contributed by atoms with Gasteiger partial charge in [-0.05, 0) is 30.7 Å². The van der Waals surface area contributed by atoms with Crippen molar-refractivity contribution in [3.63, 3.8) is 0 Å². The fourth-order valence-electron chi connectivity index (χ4n) is 3.46. The number of nitrogens with zero attached hydrogens (tertiary/aromatic N) is 2. The predicted octanol–water partition coefficient (Wildman–Crippen LogP) is 3.12. The number of carbonyl (C=O) groups is 1. The Morgan fingerprint density at radius 3 is 2.75 bits per heavy atom. The Bertz CT molecular complexity index is 1220. The second-order valence-electron chi connectivity index (χ2n) is 7.44. The lowest BCUT2D eigenvalue weighted by Gasteiger charge is -2.14. The van der Waals surface area contributed by atoms with E-state index in [9.17, 15) is 13.2 Å². The summed E-state index contributed by atoms with van der Waals surface area (Å²) in [6, 6.07) is 13.9. The maximum absolute atomic E-state index is 12.8. The molecule has 1 aliphatic heterocycles. The van der Waals surface area contributed by atoms with Gasteiger partial charge in [0.25, 0.3) is 10.0 Å². The van der Waals surface area contributed by atoms with Gasteiger partial charge in [0, 0.05) is 18.7 Å². The second kappa shape index (κ2) is 9.66. The molecule has 1 amide bonds. The van der Waals surface area contributed by atoms with Gasteiger partial charge in [0.05, 0.1) is 15.1 Å². The van der Waals surface area contributed by atoms with E-state index in [1.165, 1.54) is 6.07 Å². The van der Waals surface area contributed by atoms with Crippen molar-refractivity contribution in [2.45, 2.75) is 37.1 Å². The standard InChI is InChI=1S/C22H25N5O3S2/c1-2-3-9-17(25-20-15-8-4-7-12-19(15)32(29,30)27-20)21(28)23-13-14-24-22-26-16-10-5-6-11-18(16)31-22/h4-8,10-12,17H,2-3,9,13-14H2,1H3,(H,23,28)(H,24,26)(H,25,27). The van der Waals surface area contributed by atoms with Crippen molar-refractivity contribution in [3.8, 4) is 0 Å². The van der Waals surface area contributed by atoms with Crippen LogP contribution in [0.3, 0.4) is 0 Å². The molecule has 1 atom stereocenters. The molecule has 1 aliphatic rings. The molecule has 4 rings (SSSR count). The Labute approximate surface area is 191 Å². The summed E-state index contributed by atoms with van der Waals surface area (Å²) in [6.45, 7) is 2.97. The Morgan fingerprint density at radius 2 is 1.94 bits per heavy atom. The summed E-state index contributed by atoms with van der Waals surface area (Å²) in [6.07, 6.45) is 2.27. The molecule has 0 saturated heterocycles. The second-order valence-corrected chi connectivity index (χ2v) is 10.1. The number of aromatic nitrogens is 1. The Morgan fingerprint density at radius 1 is 1.16 bits per heavy atom. The van der Waals surface area contributed by atoms with Crippen molar-refractivity contribution in [3.05, 3.63) is 54.1 Å². The highest BCUT2D eigenvalue weighted by atomic mass is 32.2. The fourth-order valence-corrected chi connectivity index (χ4v) is 5.59. The third kappa shape index (κ3) is 4.91. The van der Waals surface area contributed by atoms with Crippen LogP contribution in [0.25, 0.3) is 10.2 Å². The average Bonchev–Trinajstić information content (AvgIpc) is 3.32. The highest BCUT2D eigenvalue weighted by molar-refractivity contribution is 7.90. The average molecular weight is 472 g/mol. The molecule has 2 heterocycles. The molecule has 3 aromatic rings. The van der Waals surface area contributed by atoms with Crippen molar-refractivity contribution in [2.24, 2.45) is 4.99 Å². The lowest BCUT2D eigenvalue weighted by atomic mass is 10.1. The number of hydrogen-bond acceptors (Lipinski definition) is 7. The van der Waals surface area contributed by atoms with Crippen molar-refractivity contribution in [1.29, 1.82) is 0 Å². The predicted molar refractivity (Wildman–Crippen MR) is 128 cm³/mol. The van der Waals surface area contributed by atoms with Crippen LogP contribution in [0.1, 0.15) is 31.7 Å². The molecule has 0 radical (unpaired) electrons. The molecule has 32 heavy (non-hydrogen) atoms. The first kappa shape index (κ1) is 22.2. The maximum Gasteiger partial charge on any atom is 0.263 e. The number of aliphatic imine (C=N–C) groups is 1. The number of sulfonamides is 1. The van der Waals surface area contributed by atoms with E-state index in [0.29, 0.717) is 25.1 Å². The number of anilines is 1. The van der Waals surface area contributed by atoms with Crippen LogP contribution < -0.4 is 15.4 Å². The molecule has 0 fully saturated rings. The smallest absolute Gasteiger partial charge is 0.263 e. The van der Waals surface area contributed by atoms with Crippen LogP contribution in [0.2, 0.25) is 0 Å². The van der Waals surface area contributed by atoms with Gasteiger partial charge < -0.3 is 10.6 Å². The summed E-state index contributed by atoms with van der Waals surface area (Å²) in [7, 11) is -3.64. The number of benzene rings is 2. The van der Waals surface area contributed by atoms with Gasteiger partial charge in [-0.2, -0.15) is 0 Å². The number of para-hydroxylation sites is 1. The molecule has 8 nitrogen and oxygen atoms in total. The molecule has 0 bridgehead atoms. The van der Waals surface area contributed by atoms with Crippen LogP contribution >= 0.6 is 11.3 Å². The molecular formula is C22H25N5O3S2. The zero-order valence-electron chi connectivity index (χ0n) is 17.7. The third-order valence-corrected chi connectivity index (χ3v) is 7.47. The minimum atomic E-state index is -3.64. The summed E-state index contributed by atoms with van der Waals surface area (Å²) in [4.78, 5) is 22.0. The molecule has 0 saturated carbocycles. The minimum Gasteiger partial charge on any atom is -0.360 e. The lowest BCUT2D eigenvalue weighted by molar-refractivity contribution is -0.122. The number of amidine groups is 1. The largest absolute Gasteiger partial charge is 0.360 e. The summed E-state index contributed by atoms with van der Waals surface area (Å²) < 4.78 is 28.3. The van der Waals surface area contributed by atoms with E-state index in [-0.39, 0.29) is 16.6 Å². The highest BCUT2D eigenvalue weighted by Gasteiger charge is 2.31. The van der Waals surface area contributed by atoms with Crippen molar-refractivity contribution in [2.75, 3.05) is 18.4 Å². The first-order valence-electron chi connectivity index (χ1n) is 10.5. The summed E-state index contributed by atoms with van der Waals surface area (Å²) in [5, 5.41) is 6.94. The third-order valence-electron chi connectivity index (χ3n) is 5.08. The SMILES string of the molecule is CCCCC(N=C1NS(=O)(=O)c2ccccc21)C(=O)NCCNc1nc2ccccc2s1. The van der Waals surface area contributed by atoms with E-state index in [0.717, 1.165) is 28.2 Å². The molecule has 10 heteroatoms. The number of nitrogens with one attached hydrogen (secondary N) is 3. The number of carbonyl (C=O) groups excluding carboxylic acids is 1. The van der Waals surface area contributed by atoms with Crippen LogP contribution in [0.15, 0.2) is 58.4 Å². The minimum absolute atomic E-state index is 0.188. The summed E-state index contributed by atoms with van der Waals surface area (Å²) >= 11 is 1.57. The number of thiazole rings is 1. The van der Waals surface area contributed by atoms with Crippen molar-refractivity contribution >= 4 is 48.5 Å².